The second kappa shape index (κ2) is 6.50. The Morgan fingerprint density at radius 1 is 1.24 bits per heavy atom. The van der Waals surface area contributed by atoms with Crippen molar-refractivity contribution in [1.82, 2.24) is 4.98 Å². The van der Waals surface area contributed by atoms with Crippen molar-refractivity contribution >= 4 is 28.7 Å². The molecule has 130 valence electrons. The highest BCUT2D eigenvalue weighted by molar-refractivity contribution is 6.33. The number of hydrogen-bond acceptors (Lipinski definition) is 5. The Hall–Kier alpha value is -2.37. The summed E-state index contributed by atoms with van der Waals surface area (Å²) in [6, 6.07) is 8.26. The first kappa shape index (κ1) is 17.5. The highest BCUT2D eigenvalue weighted by Crippen LogP contribution is 2.42. The van der Waals surface area contributed by atoms with Crippen molar-refractivity contribution in [3.05, 3.63) is 58.9 Å². The Morgan fingerprint density at radius 2 is 1.92 bits per heavy atom. The summed E-state index contributed by atoms with van der Waals surface area (Å²) in [4.78, 5) is 17.1. The van der Waals surface area contributed by atoms with Crippen molar-refractivity contribution in [3.8, 4) is 5.75 Å². The molecule has 3 N–H and O–H groups in total. The molecule has 1 aliphatic heterocycles. The molecule has 1 aromatic heterocycles. The predicted octanol–water partition coefficient (Wildman–Crippen LogP) is 3.26. The SMILES string of the molecule is CC(C)(CN)C1OC(c2ccncc2)=C(c2ccc(Cl)c(O)c2)C1=O. The van der Waals surface area contributed by atoms with E-state index in [1.807, 2.05) is 13.8 Å². The van der Waals surface area contributed by atoms with Crippen LogP contribution < -0.4 is 5.73 Å². The van der Waals surface area contributed by atoms with Crippen LogP contribution in [0.5, 0.6) is 5.75 Å². The maximum atomic E-state index is 13.1. The first-order chi connectivity index (χ1) is 11.8. The van der Waals surface area contributed by atoms with Gasteiger partial charge in [-0.05, 0) is 29.8 Å². The van der Waals surface area contributed by atoms with Gasteiger partial charge in [-0.2, -0.15) is 0 Å². The van der Waals surface area contributed by atoms with Gasteiger partial charge in [-0.3, -0.25) is 9.78 Å². The molecule has 0 saturated carbocycles. The number of ether oxygens (including phenoxy) is 1. The van der Waals surface area contributed by atoms with Crippen LogP contribution in [0, 0.1) is 5.41 Å². The minimum Gasteiger partial charge on any atom is -0.506 e. The first-order valence-electron chi connectivity index (χ1n) is 7.89. The van der Waals surface area contributed by atoms with Crippen LogP contribution in [-0.2, 0) is 9.53 Å². The quantitative estimate of drug-likeness (QED) is 0.876. The summed E-state index contributed by atoms with van der Waals surface area (Å²) in [6.45, 7) is 4.08. The smallest absolute Gasteiger partial charge is 0.208 e. The van der Waals surface area contributed by atoms with E-state index < -0.39 is 11.5 Å². The number of aromatic hydroxyl groups is 1. The van der Waals surface area contributed by atoms with Crippen molar-refractivity contribution in [3.63, 3.8) is 0 Å². The fourth-order valence-corrected chi connectivity index (χ4v) is 2.87. The number of phenols is 1. The van der Waals surface area contributed by atoms with E-state index in [1.165, 1.54) is 6.07 Å². The zero-order valence-corrected chi connectivity index (χ0v) is 14.7. The number of Topliss-reactive ketones (excluding diaryl/α,β-unsaturated/α-hetero) is 1. The minimum absolute atomic E-state index is 0.0879. The van der Waals surface area contributed by atoms with Crippen molar-refractivity contribution in [2.75, 3.05) is 6.54 Å². The third-order valence-electron chi connectivity index (χ3n) is 4.36. The average molecular weight is 359 g/mol. The van der Waals surface area contributed by atoms with E-state index in [0.717, 1.165) is 5.56 Å². The molecule has 1 aromatic carbocycles. The normalized spacial score (nSPS) is 17.8. The number of carbonyl (C=O) groups excluding carboxylic acids is 1. The van der Waals surface area contributed by atoms with Gasteiger partial charge in [0.25, 0.3) is 0 Å². The minimum atomic E-state index is -0.700. The van der Waals surface area contributed by atoms with Gasteiger partial charge in [-0.15, -0.1) is 0 Å². The topological polar surface area (TPSA) is 85.4 Å². The van der Waals surface area contributed by atoms with Crippen molar-refractivity contribution in [1.29, 1.82) is 0 Å². The van der Waals surface area contributed by atoms with Crippen LogP contribution in [0.1, 0.15) is 25.0 Å². The van der Waals surface area contributed by atoms with E-state index in [0.29, 0.717) is 23.4 Å². The lowest BCUT2D eigenvalue weighted by atomic mass is 9.82. The van der Waals surface area contributed by atoms with E-state index in [4.69, 9.17) is 22.1 Å². The number of halogens is 1. The van der Waals surface area contributed by atoms with Crippen LogP contribution in [0.3, 0.4) is 0 Å². The standard InChI is InChI=1S/C19H19ClN2O3/c1-19(2,10-21)18-16(24)15(12-3-4-13(20)14(23)9-12)17(25-18)11-5-7-22-8-6-11/h3-9,18,23H,10,21H2,1-2H3. The number of benzene rings is 1. The molecule has 2 heterocycles. The lowest BCUT2D eigenvalue weighted by molar-refractivity contribution is -0.123. The molecule has 5 nitrogen and oxygen atoms in total. The third-order valence-corrected chi connectivity index (χ3v) is 4.68. The fraction of sp³-hybridized carbons (Fsp3) is 0.263. The molecular weight excluding hydrogens is 340 g/mol. The largest absolute Gasteiger partial charge is 0.506 e. The van der Waals surface area contributed by atoms with Crippen molar-refractivity contribution in [2.45, 2.75) is 20.0 Å². The zero-order chi connectivity index (χ0) is 18.2. The second-order valence-electron chi connectivity index (χ2n) is 6.66. The molecule has 0 bridgehead atoms. The van der Waals surface area contributed by atoms with E-state index >= 15 is 0 Å². The maximum Gasteiger partial charge on any atom is 0.208 e. The van der Waals surface area contributed by atoms with Crippen LogP contribution in [0.4, 0.5) is 0 Å². The van der Waals surface area contributed by atoms with Gasteiger partial charge in [0, 0.05) is 29.9 Å². The summed E-state index contributed by atoms with van der Waals surface area (Å²) < 4.78 is 6.06. The average Bonchev–Trinajstić information content (AvgIpc) is 2.96. The molecule has 1 unspecified atom stereocenters. The van der Waals surface area contributed by atoms with Crippen molar-refractivity contribution < 1.29 is 14.6 Å². The summed E-state index contributed by atoms with van der Waals surface area (Å²) in [6.07, 6.45) is 2.57. The first-order valence-corrected chi connectivity index (χ1v) is 8.27. The number of ketones is 1. The van der Waals surface area contributed by atoms with Gasteiger partial charge in [-0.1, -0.05) is 31.5 Å². The Morgan fingerprint density at radius 3 is 2.52 bits per heavy atom. The van der Waals surface area contributed by atoms with Crippen LogP contribution in [0.2, 0.25) is 5.02 Å². The lowest BCUT2D eigenvalue weighted by Crippen LogP contribution is -2.41. The molecule has 25 heavy (non-hydrogen) atoms. The van der Waals surface area contributed by atoms with Gasteiger partial charge in [0.15, 0.2) is 6.10 Å². The van der Waals surface area contributed by atoms with Crippen LogP contribution >= 0.6 is 11.6 Å². The number of nitrogens with two attached hydrogens (primary N) is 1. The van der Waals surface area contributed by atoms with Gasteiger partial charge < -0.3 is 15.6 Å². The van der Waals surface area contributed by atoms with Gasteiger partial charge >= 0.3 is 0 Å². The van der Waals surface area contributed by atoms with E-state index in [2.05, 4.69) is 4.98 Å². The summed E-state index contributed by atoms with van der Waals surface area (Å²) in [5.41, 5.74) is 7.00. The van der Waals surface area contributed by atoms with Gasteiger partial charge in [0.05, 0.1) is 10.6 Å². The fourth-order valence-electron chi connectivity index (χ4n) is 2.75. The van der Waals surface area contributed by atoms with Gasteiger partial charge in [0.2, 0.25) is 5.78 Å². The molecule has 3 rings (SSSR count). The number of carbonyl (C=O) groups is 1. The van der Waals surface area contributed by atoms with Crippen LogP contribution in [-0.4, -0.2) is 28.5 Å². The Kier molecular flexibility index (Phi) is 4.54. The van der Waals surface area contributed by atoms with E-state index in [-0.39, 0.29) is 16.6 Å². The molecule has 0 spiro atoms. The molecule has 2 aromatic rings. The van der Waals surface area contributed by atoms with E-state index in [9.17, 15) is 9.90 Å². The molecule has 1 aliphatic rings. The number of pyridine rings is 1. The summed E-state index contributed by atoms with van der Waals surface area (Å²) in [7, 11) is 0. The Labute approximate surface area is 151 Å². The number of phenolic OH excluding ortho intramolecular Hbond substituents is 1. The molecule has 0 aliphatic carbocycles. The summed E-state index contributed by atoms with van der Waals surface area (Å²) >= 11 is 5.89. The Bertz CT molecular complexity index is 847. The number of aromatic nitrogens is 1. The molecule has 1 atom stereocenters. The van der Waals surface area contributed by atoms with Gasteiger partial charge in [-0.25, -0.2) is 0 Å². The van der Waals surface area contributed by atoms with Crippen LogP contribution in [0.25, 0.3) is 11.3 Å². The summed E-state index contributed by atoms with van der Waals surface area (Å²) in [5.74, 6) is 0.208. The molecular formula is C19H19ClN2O3. The number of hydrogen-bond donors (Lipinski definition) is 2. The maximum absolute atomic E-state index is 13.1. The molecule has 0 radical (unpaired) electrons. The van der Waals surface area contributed by atoms with Crippen molar-refractivity contribution in [2.24, 2.45) is 11.1 Å². The monoisotopic (exact) mass is 358 g/mol. The third kappa shape index (κ3) is 3.13. The highest BCUT2D eigenvalue weighted by atomic mass is 35.5. The molecule has 6 heteroatoms. The molecule has 0 saturated heterocycles. The second-order valence-corrected chi connectivity index (χ2v) is 7.07. The van der Waals surface area contributed by atoms with Gasteiger partial charge in [0.1, 0.15) is 11.5 Å². The predicted molar refractivity (Wildman–Crippen MR) is 96.9 cm³/mol. The number of nitrogens with zero attached hydrogens (tertiary/aromatic N) is 1. The lowest BCUT2D eigenvalue weighted by Gasteiger charge is -2.28. The number of rotatable bonds is 4. The summed E-state index contributed by atoms with van der Waals surface area (Å²) in [5, 5.41) is 10.2. The molecule has 0 amide bonds. The molecule has 0 fully saturated rings. The zero-order valence-electron chi connectivity index (χ0n) is 14.0. The van der Waals surface area contributed by atoms with E-state index in [1.54, 1.807) is 36.7 Å². The Balaban J connectivity index is 2.16. The van der Waals surface area contributed by atoms with Crippen LogP contribution in [0.15, 0.2) is 42.7 Å². The highest BCUT2D eigenvalue weighted by Gasteiger charge is 2.44.